The van der Waals surface area contributed by atoms with Crippen LogP contribution in [0.5, 0.6) is 0 Å². The molecule has 0 saturated heterocycles. The van der Waals surface area contributed by atoms with Crippen molar-refractivity contribution in [3.63, 3.8) is 0 Å². The Morgan fingerprint density at radius 3 is 2.65 bits per heavy atom. The zero-order chi connectivity index (χ0) is 14.3. The van der Waals surface area contributed by atoms with Crippen molar-refractivity contribution in [1.29, 1.82) is 0 Å². The van der Waals surface area contributed by atoms with Gasteiger partial charge in [0.2, 0.25) is 0 Å². The minimum Gasteiger partial charge on any atom is -0.382 e. The zero-order valence-corrected chi connectivity index (χ0v) is 12.5. The van der Waals surface area contributed by atoms with Gasteiger partial charge in [0.05, 0.1) is 13.2 Å². The summed E-state index contributed by atoms with van der Waals surface area (Å²) in [5.41, 5.74) is 1.21. The fraction of sp³-hybridized carbons (Fsp3) is 0.529. The van der Waals surface area contributed by atoms with E-state index in [4.69, 9.17) is 9.47 Å². The van der Waals surface area contributed by atoms with Crippen molar-refractivity contribution in [2.45, 2.75) is 19.8 Å². The maximum Gasteiger partial charge on any atom is 0.0651 e. The summed E-state index contributed by atoms with van der Waals surface area (Å²) in [6.07, 6.45) is 6.42. The molecule has 0 bridgehead atoms. The molecule has 1 aromatic carbocycles. The highest BCUT2D eigenvalue weighted by molar-refractivity contribution is 5.48. The Kier molecular flexibility index (Phi) is 10.9. The van der Waals surface area contributed by atoms with E-state index in [1.807, 2.05) is 25.1 Å². The molecule has 0 spiro atoms. The van der Waals surface area contributed by atoms with Gasteiger partial charge < -0.3 is 14.8 Å². The third-order valence-electron chi connectivity index (χ3n) is 2.84. The lowest BCUT2D eigenvalue weighted by Crippen LogP contribution is -2.21. The quantitative estimate of drug-likeness (QED) is 0.595. The molecule has 1 rings (SSSR count). The van der Waals surface area contributed by atoms with Crippen LogP contribution in [0, 0.1) is 0 Å². The first-order valence-corrected chi connectivity index (χ1v) is 7.51. The highest BCUT2D eigenvalue weighted by Crippen LogP contribution is 2.00. The van der Waals surface area contributed by atoms with Crippen molar-refractivity contribution >= 4 is 6.08 Å². The van der Waals surface area contributed by atoms with Gasteiger partial charge in [-0.2, -0.15) is 0 Å². The van der Waals surface area contributed by atoms with Crippen LogP contribution in [-0.2, 0) is 9.47 Å². The van der Waals surface area contributed by atoms with Gasteiger partial charge in [0.1, 0.15) is 0 Å². The normalized spacial score (nSPS) is 11.2. The molecule has 0 aromatic heterocycles. The summed E-state index contributed by atoms with van der Waals surface area (Å²) >= 11 is 0. The van der Waals surface area contributed by atoms with Crippen molar-refractivity contribution in [1.82, 2.24) is 5.32 Å². The lowest BCUT2D eigenvalue weighted by Gasteiger charge is -2.05. The SMILES string of the molecule is CCOCCCCNCCOCC=Cc1ccccc1. The van der Waals surface area contributed by atoms with Gasteiger partial charge in [-0.3, -0.25) is 0 Å². The van der Waals surface area contributed by atoms with Crippen molar-refractivity contribution < 1.29 is 9.47 Å². The maximum absolute atomic E-state index is 5.53. The van der Waals surface area contributed by atoms with E-state index in [9.17, 15) is 0 Å². The number of benzene rings is 1. The molecule has 3 nitrogen and oxygen atoms in total. The highest BCUT2D eigenvalue weighted by Gasteiger charge is 1.90. The van der Waals surface area contributed by atoms with E-state index in [1.165, 1.54) is 5.56 Å². The Bertz CT molecular complexity index is 338. The largest absolute Gasteiger partial charge is 0.382 e. The number of ether oxygens (including phenoxy) is 2. The summed E-state index contributed by atoms with van der Waals surface area (Å²) in [4.78, 5) is 0. The molecule has 0 unspecified atom stereocenters. The molecule has 0 atom stereocenters. The zero-order valence-electron chi connectivity index (χ0n) is 12.5. The molecule has 20 heavy (non-hydrogen) atoms. The van der Waals surface area contributed by atoms with E-state index in [0.717, 1.165) is 45.8 Å². The van der Waals surface area contributed by atoms with Crippen LogP contribution in [0.15, 0.2) is 36.4 Å². The first kappa shape index (κ1) is 16.9. The summed E-state index contributed by atoms with van der Waals surface area (Å²) in [5, 5.41) is 3.37. The second-order valence-corrected chi connectivity index (χ2v) is 4.54. The summed E-state index contributed by atoms with van der Waals surface area (Å²) in [5.74, 6) is 0. The average molecular weight is 277 g/mol. The second kappa shape index (κ2) is 12.9. The first-order chi connectivity index (χ1) is 9.93. The van der Waals surface area contributed by atoms with E-state index < -0.39 is 0 Å². The Morgan fingerprint density at radius 2 is 1.85 bits per heavy atom. The van der Waals surface area contributed by atoms with Crippen molar-refractivity contribution in [2.75, 3.05) is 39.5 Å². The fourth-order valence-electron chi connectivity index (χ4n) is 1.77. The van der Waals surface area contributed by atoms with Gasteiger partial charge in [0, 0.05) is 19.8 Å². The van der Waals surface area contributed by atoms with Gasteiger partial charge in [-0.25, -0.2) is 0 Å². The van der Waals surface area contributed by atoms with Gasteiger partial charge >= 0.3 is 0 Å². The molecular weight excluding hydrogens is 250 g/mol. The number of nitrogens with one attached hydrogen (secondary N) is 1. The minimum absolute atomic E-state index is 0.668. The Balaban J connectivity index is 1.84. The van der Waals surface area contributed by atoms with Crippen molar-refractivity contribution in [2.24, 2.45) is 0 Å². The minimum atomic E-state index is 0.668. The number of hydrogen-bond acceptors (Lipinski definition) is 3. The Labute approximate surface area is 123 Å². The molecular formula is C17H27NO2. The topological polar surface area (TPSA) is 30.5 Å². The molecule has 3 heteroatoms. The van der Waals surface area contributed by atoms with E-state index in [1.54, 1.807) is 0 Å². The van der Waals surface area contributed by atoms with Crippen LogP contribution < -0.4 is 5.32 Å². The lowest BCUT2D eigenvalue weighted by atomic mass is 10.2. The smallest absolute Gasteiger partial charge is 0.0651 e. The van der Waals surface area contributed by atoms with Crippen molar-refractivity contribution in [3.05, 3.63) is 42.0 Å². The maximum atomic E-state index is 5.53. The Morgan fingerprint density at radius 1 is 1.00 bits per heavy atom. The van der Waals surface area contributed by atoms with E-state index in [-0.39, 0.29) is 0 Å². The van der Waals surface area contributed by atoms with Crippen LogP contribution in [0.25, 0.3) is 6.08 Å². The monoisotopic (exact) mass is 277 g/mol. The predicted molar refractivity (Wildman–Crippen MR) is 84.9 cm³/mol. The molecule has 0 aliphatic heterocycles. The van der Waals surface area contributed by atoms with E-state index >= 15 is 0 Å². The van der Waals surface area contributed by atoms with Crippen LogP contribution in [0.3, 0.4) is 0 Å². The van der Waals surface area contributed by atoms with Crippen LogP contribution in [0.4, 0.5) is 0 Å². The van der Waals surface area contributed by atoms with Gasteiger partial charge in [-0.05, 0) is 31.9 Å². The number of unbranched alkanes of at least 4 members (excludes halogenated alkanes) is 1. The second-order valence-electron chi connectivity index (χ2n) is 4.54. The number of rotatable bonds is 12. The summed E-state index contributed by atoms with van der Waals surface area (Å²) in [7, 11) is 0. The van der Waals surface area contributed by atoms with Crippen molar-refractivity contribution in [3.8, 4) is 0 Å². The van der Waals surface area contributed by atoms with E-state index in [2.05, 4.69) is 29.6 Å². The van der Waals surface area contributed by atoms with Crippen LogP contribution in [0.2, 0.25) is 0 Å². The molecule has 1 N–H and O–H groups in total. The molecule has 112 valence electrons. The highest BCUT2D eigenvalue weighted by atomic mass is 16.5. The fourth-order valence-corrected chi connectivity index (χ4v) is 1.77. The Hall–Kier alpha value is -1.16. The van der Waals surface area contributed by atoms with Crippen LogP contribution in [0.1, 0.15) is 25.3 Å². The van der Waals surface area contributed by atoms with E-state index in [0.29, 0.717) is 6.61 Å². The standard InChI is InChI=1S/C17H27NO2/c1-2-19-14-7-6-12-18-13-16-20-15-8-11-17-9-4-3-5-10-17/h3-5,8-11,18H,2,6-7,12-16H2,1H3. The molecule has 0 saturated carbocycles. The summed E-state index contributed by atoms with van der Waals surface area (Å²) in [6, 6.07) is 10.3. The molecule has 0 fully saturated rings. The third kappa shape index (κ3) is 9.73. The van der Waals surface area contributed by atoms with Gasteiger partial charge in [0.15, 0.2) is 0 Å². The van der Waals surface area contributed by atoms with Gasteiger partial charge in [0.25, 0.3) is 0 Å². The molecule has 0 heterocycles. The molecule has 1 aromatic rings. The predicted octanol–water partition coefficient (Wildman–Crippen LogP) is 3.12. The van der Waals surface area contributed by atoms with Crippen LogP contribution in [-0.4, -0.2) is 39.5 Å². The summed E-state index contributed by atoms with van der Waals surface area (Å²) < 4.78 is 10.8. The summed E-state index contributed by atoms with van der Waals surface area (Å²) in [6.45, 7) is 7.09. The average Bonchev–Trinajstić information content (AvgIpc) is 2.49. The molecule has 0 aliphatic rings. The van der Waals surface area contributed by atoms with Gasteiger partial charge in [-0.15, -0.1) is 0 Å². The first-order valence-electron chi connectivity index (χ1n) is 7.51. The van der Waals surface area contributed by atoms with Gasteiger partial charge in [-0.1, -0.05) is 42.5 Å². The molecule has 0 radical (unpaired) electrons. The third-order valence-corrected chi connectivity index (χ3v) is 2.84. The molecule has 0 amide bonds. The lowest BCUT2D eigenvalue weighted by molar-refractivity contribution is 0.142. The van der Waals surface area contributed by atoms with Crippen LogP contribution >= 0.6 is 0 Å². The number of hydrogen-bond donors (Lipinski definition) is 1. The molecule has 0 aliphatic carbocycles.